The van der Waals surface area contributed by atoms with Crippen LogP contribution in [0.5, 0.6) is 11.5 Å². The van der Waals surface area contributed by atoms with Crippen molar-refractivity contribution in [1.82, 2.24) is 14.9 Å². The van der Waals surface area contributed by atoms with Crippen LogP contribution in [0.15, 0.2) is 59.1 Å². The molecule has 27 heavy (non-hydrogen) atoms. The molecular formula is C20H20N4O2S. The maximum absolute atomic E-state index is 5.60. The predicted octanol–water partition coefficient (Wildman–Crippen LogP) is 4.39. The van der Waals surface area contributed by atoms with Crippen molar-refractivity contribution in [3.05, 3.63) is 59.5 Å². The molecule has 2 heterocycles. The normalized spacial score (nSPS) is 12.7. The maximum Gasteiger partial charge on any atom is 0.214 e. The average molecular weight is 380 g/mol. The summed E-state index contributed by atoms with van der Waals surface area (Å²) in [7, 11) is 0. The van der Waals surface area contributed by atoms with Gasteiger partial charge in [0, 0.05) is 16.5 Å². The topological polar surface area (TPSA) is 61.2 Å². The summed E-state index contributed by atoms with van der Waals surface area (Å²) in [6, 6.07) is 15.9. The highest BCUT2D eigenvalue weighted by molar-refractivity contribution is 8.02. The van der Waals surface area contributed by atoms with Crippen LogP contribution in [0.1, 0.15) is 19.4 Å². The van der Waals surface area contributed by atoms with E-state index in [1.54, 1.807) is 0 Å². The van der Waals surface area contributed by atoms with Gasteiger partial charge in [-0.15, -0.1) is 10.2 Å². The number of nitrogens with one attached hydrogen (secondary N) is 1. The lowest BCUT2D eigenvalue weighted by Crippen LogP contribution is -2.18. The third kappa shape index (κ3) is 3.64. The third-order valence-electron chi connectivity index (χ3n) is 4.03. The number of rotatable bonds is 6. The second kappa shape index (κ2) is 7.75. The van der Waals surface area contributed by atoms with Gasteiger partial charge in [-0.2, -0.15) is 0 Å². The second-order valence-electron chi connectivity index (χ2n) is 5.82. The molecular weight excluding hydrogens is 360 g/mol. The van der Waals surface area contributed by atoms with Gasteiger partial charge < -0.3 is 9.47 Å². The first-order valence-electron chi connectivity index (χ1n) is 8.84. The number of aromatic nitrogens is 3. The van der Waals surface area contributed by atoms with Crippen LogP contribution in [0.2, 0.25) is 0 Å². The van der Waals surface area contributed by atoms with E-state index >= 15 is 0 Å². The Labute approximate surface area is 162 Å². The quantitative estimate of drug-likeness (QED) is 0.684. The zero-order valence-electron chi connectivity index (χ0n) is 15.2. The summed E-state index contributed by atoms with van der Waals surface area (Å²) in [6.45, 7) is 5.23. The summed E-state index contributed by atoms with van der Waals surface area (Å²) in [5.74, 6) is 2.43. The van der Waals surface area contributed by atoms with Gasteiger partial charge in [-0.3, -0.25) is 5.43 Å². The molecule has 7 heteroatoms. The van der Waals surface area contributed by atoms with Crippen molar-refractivity contribution in [2.45, 2.75) is 19.0 Å². The monoisotopic (exact) mass is 380 g/mol. The molecule has 0 bridgehead atoms. The van der Waals surface area contributed by atoms with Crippen LogP contribution < -0.4 is 14.9 Å². The van der Waals surface area contributed by atoms with Crippen LogP contribution in [-0.4, -0.2) is 28.1 Å². The lowest BCUT2D eigenvalue weighted by atomic mass is 10.2. The van der Waals surface area contributed by atoms with E-state index in [9.17, 15) is 0 Å². The van der Waals surface area contributed by atoms with Gasteiger partial charge in [0.1, 0.15) is 11.5 Å². The number of benzene rings is 2. The van der Waals surface area contributed by atoms with Crippen LogP contribution in [0.25, 0.3) is 17.1 Å². The van der Waals surface area contributed by atoms with Crippen LogP contribution in [-0.2, 0) is 0 Å². The van der Waals surface area contributed by atoms with E-state index in [2.05, 4.69) is 15.6 Å². The van der Waals surface area contributed by atoms with E-state index in [1.165, 1.54) is 11.8 Å². The van der Waals surface area contributed by atoms with Crippen LogP contribution >= 0.6 is 11.8 Å². The molecule has 0 unspecified atom stereocenters. The molecule has 0 atom stereocenters. The first kappa shape index (κ1) is 17.5. The minimum atomic E-state index is 0.625. The van der Waals surface area contributed by atoms with Gasteiger partial charge in [0.15, 0.2) is 5.82 Å². The fourth-order valence-corrected chi connectivity index (χ4v) is 3.55. The van der Waals surface area contributed by atoms with Crippen molar-refractivity contribution in [1.29, 1.82) is 0 Å². The Morgan fingerprint density at radius 3 is 2.48 bits per heavy atom. The van der Waals surface area contributed by atoms with E-state index in [0.717, 1.165) is 39.3 Å². The van der Waals surface area contributed by atoms with Crippen LogP contribution in [0.4, 0.5) is 0 Å². The second-order valence-corrected chi connectivity index (χ2v) is 6.66. The maximum atomic E-state index is 5.60. The SMILES string of the molecule is CCOc1ccc(C2=CSc3nnc(-c4cccc(OCC)c4)n3N2)cc1. The van der Waals surface area contributed by atoms with Crippen molar-refractivity contribution < 1.29 is 9.47 Å². The van der Waals surface area contributed by atoms with Gasteiger partial charge >= 0.3 is 0 Å². The van der Waals surface area contributed by atoms with Gasteiger partial charge in [0.2, 0.25) is 5.16 Å². The first-order valence-corrected chi connectivity index (χ1v) is 9.72. The average Bonchev–Trinajstić information content (AvgIpc) is 3.13. The Morgan fingerprint density at radius 2 is 1.70 bits per heavy atom. The Morgan fingerprint density at radius 1 is 0.926 bits per heavy atom. The molecule has 1 aliphatic rings. The molecule has 1 aromatic heterocycles. The number of thioether (sulfide) groups is 1. The van der Waals surface area contributed by atoms with Crippen molar-refractivity contribution in [2.75, 3.05) is 18.6 Å². The Balaban J connectivity index is 1.61. The molecule has 3 aromatic rings. The molecule has 138 valence electrons. The summed E-state index contributed by atoms with van der Waals surface area (Å²) in [5.41, 5.74) is 6.41. The lowest BCUT2D eigenvalue weighted by molar-refractivity contribution is 0.340. The fraction of sp³-hybridized carbons (Fsp3) is 0.200. The molecule has 1 N–H and O–H groups in total. The predicted molar refractivity (Wildman–Crippen MR) is 107 cm³/mol. The first-order chi connectivity index (χ1) is 13.3. The number of fused-ring (bicyclic) bond motifs is 1. The fourth-order valence-electron chi connectivity index (χ4n) is 2.81. The van der Waals surface area contributed by atoms with E-state index < -0.39 is 0 Å². The van der Waals surface area contributed by atoms with E-state index in [4.69, 9.17) is 9.47 Å². The standard InChI is InChI=1S/C20H20N4O2S/c1-3-25-16-10-8-14(9-11-16)18-13-27-20-22-21-19(24(20)23-18)15-6-5-7-17(12-15)26-4-2/h5-13,23H,3-4H2,1-2H3. The third-order valence-corrected chi connectivity index (χ3v) is 4.86. The number of nitrogens with zero attached hydrogens (tertiary/aromatic N) is 3. The van der Waals surface area contributed by atoms with Crippen molar-refractivity contribution in [2.24, 2.45) is 0 Å². The van der Waals surface area contributed by atoms with Gasteiger partial charge in [-0.1, -0.05) is 23.9 Å². The molecule has 2 aromatic carbocycles. The van der Waals surface area contributed by atoms with E-state index in [-0.39, 0.29) is 0 Å². The Kier molecular flexibility index (Phi) is 5.02. The minimum Gasteiger partial charge on any atom is -0.494 e. The highest BCUT2D eigenvalue weighted by Gasteiger charge is 2.19. The highest BCUT2D eigenvalue weighted by atomic mass is 32.2. The van der Waals surface area contributed by atoms with Gasteiger partial charge in [0.05, 0.1) is 18.9 Å². The van der Waals surface area contributed by atoms with Gasteiger partial charge in [-0.25, -0.2) is 4.68 Å². The minimum absolute atomic E-state index is 0.625. The summed E-state index contributed by atoms with van der Waals surface area (Å²) < 4.78 is 13.0. The molecule has 6 nitrogen and oxygen atoms in total. The summed E-state index contributed by atoms with van der Waals surface area (Å²) in [5, 5.41) is 11.5. The molecule has 0 amide bonds. The molecule has 0 spiro atoms. The van der Waals surface area contributed by atoms with Crippen molar-refractivity contribution in [3.63, 3.8) is 0 Å². The molecule has 4 rings (SSSR count). The van der Waals surface area contributed by atoms with Crippen LogP contribution in [0.3, 0.4) is 0 Å². The van der Waals surface area contributed by atoms with E-state index in [0.29, 0.717) is 13.2 Å². The van der Waals surface area contributed by atoms with Crippen molar-refractivity contribution >= 4 is 17.5 Å². The smallest absolute Gasteiger partial charge is 0.214 e. The van der Waals surface area contributed by atoms with Crippen molar-refractivity contribution in [3.8, 4) is 22.9 Å². The summed E-state index contributed by atoms with van der Waals surface area (Å²) in [6.07, 6.45) is 0. The zero-order chi connectivity index (χ0) is 18.6. The largest absolute Gasteiger partial charge is 0.494 e. The van der Waals surface area contributed by atoms with Crippen LogP contribution in [0, 0.1) is 0 Å². The number of ether oxygens (including phenoxy) is 2. The van der Waals surface area contributed by atoms with Gasteiger partial charge in [0.25, 0.3) is 0 Å². The number of hydrogen-bond donors (Lipinski definition) is 1. The molecule has 1 aliphatic heterocycles. The summed E-state index contributed by atoms with van der Waals surface area (Å²) >= 11 is 1.54. The number of hydrogen-bond acceptors (Lipinski definition) is 6. The zero-order valence-corrected chi connectivity index (χ0v) is 16.0. The molecule has 0 saturated heterocycles. The lowest BCUT2D eigenvalue weighted by Gasteiger charge is -2.19. The molecule has 0 saturated carbocycles. The molecule has 0 fully saturated rings. The van der Waals surface area contributed by atoms with Gasteiger partial charge in [-0.05, 0) is 50.2 Å². The molecule has 0 radical (unpaired) electrons. The Hall–Kier alpha value is -2.93. The molecule has 0 aliphatic carbocycles. The Bertz CT molecular complexity index is 966. The van der Waals surface area contributed by atoms with E-state index in [1.807, 2.05) is 72.5 Å². The summed E-state index contributed by atoms with van der Waals surface area (Å²) in [4.78, 5) is 0. The highest BCUT2D eigenvalue weighted by Crippen LogP contribution is 2.32.